The number of rotatable bonds is 6. The number of ether oxygens (including phenoxy) is 2. The van der Waals surface area contributed by atoms with Crippen molar-refractivity contribution in [3.05, 3.63) is 28.8 Å². The van der Waals surface area contributed by atoms with Gasteiger partial charge in [0.25, 0.3) is 12.3 Å². The van der Waals surface area contributed by atoms with Gasteiger partial charge < -0.3 is 9.47 Å². The summed E-state index contributed by atoms with van der Waals surface area (Å²) in [5.74, 6) is -0.628. The Morgan fingerprint density at radius 3 is 2.64 bits per heavy atom. The molecule has 1 aliphatic rings. The summed E-state index contributed by atoms with van der Waals surface area (Å²) in [7, 11) is -2.60. The normalized spacial score (nSPS) is 15.6. The van der Waals surface area contributed by atoms with Gasteiger partial charge >= 0.3 is 0 Å². The van der Waals surface area contributed by atoms with E-state index in [0.717, 1.165) is 0 Å². The summed E-state index contributed by atoms with van der Waals surface area (Å²) in [4.78, 5) is 12.2. The largest absolute Gasteiger partial charge is 0.495 e. The Kier molecular flexibility index (Phi) is 6.17. The van der Waals surface area contributed by atoms with E-state index in [4.69, 9.17) is 9.47 Å². The fourth-order valence-corrected chi connectivity index (χ4v) is 4.67. The molecule has 0 spiro atoms. The van der Waals surface area contributed by atoms with E-state index in [1.54, 1.807) is 0 Å². The van der Waals surface area contributed by atoms with Gasteiger partial charge in [0.05, 0.1) is 20.3 Å². The zero-order valence-corrected chi connectivity index (χ0v) is 16.2. The minimum atomic E-state index is -3.92. The molecule has 13 heteroatoms. The zero-order chi connectivity index (χ0) is 20.3. The van der Waals surface area contributed by atoms with Crippen LogP contribution in [0.2, 0.25) is 0 Å². The maximum atomic E-state index is 12.9. The number of sulfonamides is 1. The number of carbonyl (C=O) groups is 1. The molecule has 1 aromatic heterocycles. The van der Waals surface area contributed by atoms with E-state index in [1.807, 2.05) is 0 Å². The highest BCUT2D eigenvalue weighted by Crippen LogP contribution is 2.29. The fourth-order valence-electron chi connectivity index (χ4n) is 2.49. The number of hydrogen-bond acceptors (Lipinski definition) is 8. The van der Waals surface area contributed by atoms with E-state index in [9.17, 15) is 22.0 Å². The smallest absolute Gasteiger partial charge is 0.291 e. The molecule has 28 heavy (non-hydrogen) atoms. The van der Waals surface area contributed by atoms with Crippen molar-refractivity contribution in [2.75, 3.05) is 38.7 Å². The van der Waals surface area contributed by atoms with Crippen LogP contribution in [0.4, 0.5) is 13.9 Å². The van der Waals surface area contributed by atoms with Gasteiger partial charge in [-0.05, 0) is 18.2 Å². The summed E-state index contributed by atoms with van der Waals surface area (Å²) in [6.45, 7) is 0.905. The van der Waals surface area contributed by atoms with Gasteiger partial charge in [0, 0.05) is 18.7 Å². The second kappa shape index (κ2) is 8.43. The fraction of sp³-hybridized carbons (Fsp3) is 0.400. The summed E-state index contributed by atoms with van der Waals surface area (Å²) in [6.07, 6.45) is -2.80. The van der Waals surface area contributed by atoms with Crippen LogP contribution in [0.3, 0.4) is 0 Å². The van der Waals surface area contributed by atoms with Crippen molar-refractivity contribution in [2.45, 2.75) is 11.3 Å². The van der Waals surface area contributed by atoms with Gasteiger partial charge in [-0.2, -0.15) is 4.31 Å². The Hall–Kier alpha value is -2.22. The quantitative estimate of drug-likeness (QED) is 0.737. The van der Waals surface area contributed by atoms with E-state index >= 15 is 0 Å². The summed E-state index contributed by atoms with van der Waals surface area (Å²) in [5, 5.41) is 8.44. The number of alkyl halides is 2. The van der Waals surface area contributed by atoms with E-state index in [2.05, 4.69) is 15.5 Å². The second-order valence-electron chi connectivity index (χ2n) is 5.58. The highest BCUT2D eigenvalue weighted by Gasteiger charge is 2.30. The van der Waals surface area contributed by atoms with Crippen LogP contribution in [0.15, 0.2) is 23.1 Å². The molecule has 0 atom stereocenters. The standard InChI is InChI=1S/C15H16F2N4O5S2/c1-25-10-3-2-9(13(22)18-15-20-19-14(27-15)12(16)17)8-11(10)28(23,24)21-4-6-26-7-5-21/h2-3,8,12H,4-7H2,1H3,(H,18,20,22). The first-order valence-electron chi connectivity index (χ1n) is 8.01. The van der Waals surface area contributed by atoms with Crippen molar-refractivity contribution in [3.8, 4) is 5.75 Å². The van der Waals surface area contributed by atoms with E-state index in [0.29, 0.717) is 11.3 Å². The van der Waals surface area contributed by atoms with Gasteiger partial charge in [-0.3, -0.25) is 10.1 Å². The van der Waals surface area contributed by atoms with Gasteiger partial charge in [0.2, 0.25) is 15.2 Å². The lowest BCUT2D eigenvalue weighted by molar-refractivity contribution is 0.0729. The lowest BCUT2D eigenvalue weighted by Gasteiger charge is -2.26. The molecule has 0 bridgehead atoms. The molecule has 1 amide bonds. The van der Waals surface area contributed by atoms with E-state index in [1.165, 1.54) is 29.6 Å². The Morgan fingerprint density at radius 2 is 2.04 bits per heavy atom. The Balaban J connectivity index is 1.88. The Morgan fingerprint density at radius 1 is 1.32 bits per heavy atom. The number of amides is 1. The SMILES string of the molecule is COc1ccc(C(=O)Nc2nnc(C(F)F)s2)cc1S(=O)(=O)N1CCOCC1. The molecular formula is C15H16F2N4O5S2. The van der Waals surface area contributed by atoms with Gasteiger partial charge in [0.1, 0.15) is 10.6 Å². The van der Waals surface area contributed by atoms with Crippen LogP contribution in [-0.2, 0) is 14.8 Å². The van der Waals surface area contributed by atoms with Gasteiger partial charge in [0.15, 0.2) is 5.01 Å². The predicted octanol–water partition coefficient (Wildman–Crippen LogP) is 1.76. The summed E-state index contributed by atoms with van der Waals surface area (Å²) in [5.41, 5.74) is 0.00133. The van der Waals surface area contributed by atoms with Crippen molar-refractivity contribution in [1.82, 2.24) is 14.5 Å². The molecular weight excluding hydrogens is 418 g/mol. The molecule has 2 heterocycles. The summed E-state index contributed by atoms with van der Waals surface area (Å²) in [6, 6.07) is 3.89. The summed E-state index contributed by atoms with van der Waals surface area (Å²) >= 11 is 0.535. The number of aromatic nitrogens is 2. The highest BCUT2D eigenvalue weighted by molar-refractivity contribution is 7.89. The third kappa shape index (κ3) is 4.27. The van der Waals surface area contributed by atoms with Crippen molar-refractivity contribution >= 4 is 32.4 Å². The number of halogens is 2. The van der Waals surface area contributed by atoms with Crippen LogP contribution < -0.4 is 10.1 Å². The molecule has 0 saturated carbocycles. The Bertz CT molecular complexity index is 961. The topological polar surface area (TPSA) is 111 Å². The lowest BCUT2D eigenvalue weighted by Crippen LogP contribution is -2.40. The van der Waals surface area contributed by atoms with E-state index in [-0.39, 0.29) is 47.6 Å². The molecule has 152 valence electrons. The maximum absolute atomic E-state index is 12.9. The molecule has 1 saturated heterocycles. The van der Waals surface area contributed by atoms with Crippen LogP contribution in [0, 0.1) is 0 Å². The van der Waals surface area contributed by atoms with Crippen LogP contribution in [0.5, 0.6) is 5.75 Å². The first-order valence-corrected chi connectivity index (χ1v) is 10.3. The molecule has 0 unspecified atom stereocenters. The van der Waals surface area contributed by atoms with Crippen LogP contribution >= 0.6 is 11.3 Å². The van der Waals surface area contributed by atoms with Crippen LogP contribution in [0.1, 0.15) is 21.8 Å². The number of carbonyl (C=O) groups excluding carboxylic acids is 1. The monoisotopic (exact) mass is 434 g/mol. The highest BCUT2D eigenvalue weighted by atomic mass is 32.2. The summed E-state index contributed by atoms with van der Waals surface area (Å²) < 4.78 is 62.6. The lowest BCUT2D eigenvalue weighted by atomic mass is 10.2. The number of nitrogens with zero attached hydrogens (tertiary/aromatic N) is 3. The van der Waals surface area contributed by atoms with E-state index < -0.39 is 27.4 Å². The zero-order valence-electron chi connectivity index (χ0n) is 14.6. The molecule has 1 aromatic carbocycles. The van der Waals surface area contributed by atoms with Gasteiger partial charge in [-0.15, -0.1) is 10.2 Å². The van der Waals surface area contributed by atoms with Gasteiger partial charge in [-0.25, -0.2) is 17.2 Å². The average molecular weight is 434 g/mol. The molecule has 1 fully saturated rings. The van der Waals surface area contributed by atoms with Crippen molar-refractivity contribution in [2.24, 2.45) is 0 Å². The predicted molar refractivity (Wildman–Crippen MR) is 95.4 cm³/mol. The van der Waals surface area contributed by atoms with Crippen molar-refractivity contribution < 1.29 is 31.5 Å². The Labute approximate surface area is 163 Å². The third-order valence-corrected chi connectivity index (χ3v) is 6.63. The maximum Gasteiger partial charge on any atom is 0.291 e. The molecule has 1 aliphatic heterocycles. The molecule has 1 N–H and O–H groups in total. The number of methoxy groups -OCH3 is 1. The minimum Gasteiger partial charge on any atom is -0.495 e. The molecule has 0 radical (unpaired) electrons. The number of anilines is 1. The third-order valence-electron chi connectivity index (χ3n) is 3.86. The second-order valence-corrected chi connectivity index (χ2v) is 8.50. The molecule has 3 rings (SSSR count). The van der Waals surface area contributed by atoms with Crippen molar-refractivity contribution in [1.29, 1.82) is 0 Å². The van der Waals surface area contributed by atoms with Crippen LogP contribution in [0.25, 0.3) is 0 Å². The molecule has 2 aromatic rings. The number of nitrogens with one attached hydrogen (secondary N) is 1. The van der Waals surface area contributed by atoms with Crippen molar-refractivity contribution in [3.63, 3.8) is 0 Å². The van der Waals surface area contributed by atoms with Crippen LogP contribution in [-0.4, -0.2) is 62.2 Å². The van der Waals surface area contributed by atoms with Gasteiger partial charge in [-0.1, -0.05) is 11.3 Å². The number of benzene rings is 1. The number of morpholine rings is 1. The first-order chi connectivity index (χ1) is 13.3. The molecule has 9 nitrogen and oxygen atoms in total. The number of hydrogen-bond donors (Lipinski definition) is 1. The first kappa shape index (κ1) is 20.5. The molecule has 0 aliphatic carbocycles. The average Bonchev–Trinajstić information content (AvgIpc) is 3.17. The minimum absolute atomic E-state index is 0.00133.